The summed E-state index contributed by atoms with van der Waals surface area (Å²) in [4.78, 5) is 0. The Labute approximate surface area is 97.1 Å². The number of aliphatic hydroxyl groups is 2. The predicted octanol–water partition coefficient (Wildman–Crippen LogP) is 1.35. The van der Waals surface area contributed by atoms with E-state index in [9.17, 15) is 5.11 Å². The quantitative estimate of drug-likeness (QED) is 0.714. The summed E-state index contributed by atoms with van der Waals surface area (Å²) in [7, 11) is 0. The van der Waals surface area contributed by atoms with Crippen LogP contribution in [0.5, 0.6) is 0 Å². The van der Waals surface area contributed by atoms with E-state index in [-0.39, 0.29) is 18.6 Å². The van der Waals surface area contributed by atoms with Crippen molar-refractivity contribution < 1.29 is 14.9 Å². The van der Waals surface area contributed by atoms with Crippen molar-refractivity contribution in [2.45, 2.75) is 38.9 Å². The summed E-state index contributed by atoms with van der Waals surface area (Å²) in [6, 6.07) is 0. The first kappa shape index (κ1) is 12.1. The van der Waals surface area contributed by atoms with Crippen molar-refractivity contribution in [2.75, 3.05) is 13.2 Å². The summed E-state index contributed by atoms with van der Waals surface area (Å²) in [5.74, 6) is 1.20. The lowest BCUT2D eigenvalue weighted by atomic mass is 9.84. The van der Waals surface area contributed by atoms with Crippen LogP contribution in [0.15, 0.2) is 11.6 Å². The molecule has 3 heteroatoms. The Kier molecular flexibility index (Phi) is 3.67. The minimum atomic E-state index is -0.450. The molecule has 0 aromatic rings. The van der Waals surface area contributed by atoms with E-state index >= 15 is 0 Å². The summed E-state index contributed by atoms with van der Waals surface area (Å²) in [6.45, 7) is 5.06. The fourth-order valence-corrected chi connectivity index (χ4v) is 2.94. The van der Waals surface area contributed by atoms with E-state index in [0.717, 1.165) is 18.4 Å². The molecule has 0 aromatic carbocycles. The molecule has 1 aliphatic carbocycles. The third-order valence-corrected chi connectivity index (χ3v) is 3.74. The van der Waals surface area contributed by atoms with Gasteiger partial charge in [0.05, 0.1) is 25.4 Å². The fraction of sp³-hybridized carbons (Fsp3) is 0.846. The van der Waals surface area contributed by atoms with Crippen LogP contribution in [-0.2, 0) is 4.74 Å². The van der Waals surface area contributed by atoms with Crippen LogP contribution < -0.4 is 0 Å². The lowest BCUT2D eigenvalue weighted by molar-refractivity contribution is -0.0600. The zero-order valence-corrected chi connectivity index (χ0v) is 10.1. The second-order valence-corrected chi connectivity index (χ2v) is 5.49. The van der Waals surface area contributed by atoms with E-state index < -0.39 is 6.10 Å². The zero-order chi connectivity index (χ0) is 11.7. The average Bonchev–Trinajstić information content (AvgIpc) is 2.55. The van der Waals surface area contributed by atoms with Crippen LogP contribution in [-0.4, -0.2) is 35.6 Å². The number of rotatable bonds is 3. The highest BCUT2D eigenvalue weighted by Crippen LogP contribution is 2.39. The van der Waals surface area contributed by atoms with Crippen LogP contribution in [0.25, 0.3) is 0 Å². The van der Waals surface area contributed by atoms with Crippen molar-refractivity contribution >= 4 is 0 Å². The SMILES string of the molecule is CC(C)C[C@@H]1C[C@H]2[C@H](C=C(CO)[C@H]2O)CO1. The largest absolute Gasteiger partial charge is 0.392 e. The molecule has 0 saturated carbocycles. The number of hydrogen-bond acceptors (Lipinski definition) is 3. The van der Waals surface area contributed by atoms with E-state index in [1.165, 1.54) is 0 Å². The Morgan fingerprint density at radius 1 is 1.50 bits per heavy atom. The first-order chi connectivity index (χ1) is 7.61. The van der Waals surface area contributed by atoms with Crippen molar-refractivity contribution in [2.24, 2.45) is 17.8 Å². The first-order valence-corrected chi connectivity index (χ1v) is 6.23. The smallest absolute Gasteiger partial charge is 0.0807 e. The van der Waals surface area contributed by atoms with Crippen molar-refractivity contribution in [3.05, 3.63) is 11.6 Å². The third kappa shape index (κ3) is 2.31. The molecule has 1 heterocycles. The predicted molar refractivity (Wildman–Crippen MR) is 62.0 cm³/mol. The summed E-state index contributed by atoms with van der Waals surface area (Å²) >= 11 is 0. The molecule has 2 rings (SSSR count). The van der Waals surface area contributed by atoms with Gasteiger partial charge in [0.25, 0.3) is 0 Å². The van der Waals surface area contributed by atoms with Crippen molar-refractivity contribution in [1.29, 1.82) is 0 Å². The second-order valence-electron chi connectivity index (χ2n) is 5.49. The molecular formula is C13H22O3. The van der Waals surface area contributed by atoms with Gasteiger partial charge in [-0.1, -0.05) is 19.9 Å². The molecule has 0 radical (unpaired) electrons. The summed E-state index contributed by atoms with van der Waals surface area (Å²) in [6.07, 6.45) is 3.81. The highest BCUT2D eigenvalue weighted by Gasteiger charge is 2.40. The molecule has 2 aliphatic rings. The Morgan fingerprint density at radius 3 is 2.88 bits per heavy atom. The van der Waals surface area contributed by atoms with Gasteiger partial charge in [0.1, 0.15) is 0 Å². The topological polar surface area (TPSA) is 49.7 Å². The summed E-state index contributed by atoms with van der Waals surface area (Å²) in [5, 5.41) is 19.2. The maximum absolute atomic E-state index is 10.1. The van der Waals surface area contributed by atoms with Crippen LogP contribution in [0.4, 0.5) is 0 Å². The minimum Gasteiger partial charge on any atom is -0.392 e. The highest BCUT2D eigenvalue weighted by molar-refractivity contribution is 5.21. The van der Waals surface area contributed by atoms with Gasteiger partial charge >= 0.3 is 0 Å². The van der Waals surface area contributed by atoms with Gasteiger partial charge in [-0.05, 0) is 30.3 Å². The number of hydrogen-bond donors (Lipinski definition) is 2. The van der Waals surface area contributed by atoms with E-state index in [4.69, 9.17) is 9.84 Å². The maximum atomic E-state index is 10.1. The Morgan fingerprint density at radius 2 is 2.25 bits per heavy atom. The van der Waals surface area contributed by atoms with Crippen molar-refractivity contribution in [1.82, 2.24) is 0 Å². The molecule has 2 N–H and O–H groups in total. The van der Waals surface area contributed by atoms with Gasteiger partial charge in [-0.25, -0.2) is 0 Å². The molecule has 1 saturated heterocycles. The molecule has 0 aromatic heterocycles. The van der Waals surface area contributed by atoms with Crippen LogP contribution >= 0.6 is 0 Å². The van der Waals surface area contributed by atoms with Crippen LogP contribution in [0.3, 0.4) is 0 Å². The van der Waals surface area contributed by atoms with E-state index in [2.05, 4.69) is 13.8 Å². The molecule has 0 amide bonds. The lowest BCUT2D eigenvalue weighted by Crippen LogP contribution is -2.36. The Balaban J connectivity index is 1.96. The van der Waals surface area contributed by atoms with Gasteiger partial charge in [-0.2, -0.15) is 0 Å². The average molecular weight is 226 g/mol. The normalized spacial score (nSPS) is 38.7. The molecule has 1 aliphatic heterocycles. The Hall–Kier alpha value is -0.380. The van der Waals surface area contributed by atoms with E-state index in [1.54, 1.807) is 0 Å². The highest BCUT2D eigenvalue weighted by atomic mass is 16.5. The molecule has 0 spiro atoms. The van der Waals surface area contributed by atoms with Crippen LogP contribution in [0, 0.1) is 17.8 Å². The fourth-order valence-electron chi connectivity index (χ4n) is 2.94. The minimum absolute atomic E-state index is 0.0248. The molecule has 16 heavy (non-hydrogen) atoms. The van der Waals surface area contributed by atoms with Gasteiger partial charge in [0, 0.05) is 5.92 Å². The monoisotopic (exact) mass is 226 g/mol. The molecule has 0 bridgehead atoms. The molecular weight excluding hydrogens is 204 g/mol. The number of fused-ring (bicyclic) bond motifs is 1. The summed E-state index contributed by atoms with van der Waals surface area (Å²) in [5.41, 5.74) is 0.781. The third-order valence-electron chi connectivity index (χ3n) is 3.74. The second kappa shape index (κ2) is 4.86. The lowest BCUT2D eigenvalue weighted by Gasteiger charge is -2.34. The van der Waals surface area contributed by atoms with Crippen molar-refractivity contribution in [3.63, 3.8) is 0 Å². The molecule has 4 atom stereocenters. The first-order valence-electron chi connectivity index (χ1n) is 6.23. The molecule has 0 unspecified atom stereocenters. The van der Waals surface area contributed by atoms with E-state index in [1.807, 2.05) is 6.08 Å². The van der Waals surface area contributed by atoms with Crippen LogP contribution in [0.2, 0.25) is 0 Å². The van der Waals surface area contributed by atoms with Gasteiger partial charge < -0.3 is 14.9 Å². The maximum Gasteiger partial charge on any atom is 0.0807 e. The van der Waals surface area contributed by atoms with Gasteiger partial charge in [-0.15, -0.1) is 0 Å². The van der Waals surface area contributed by atoms with Crippen LogP contribution in [0.1, 0.15) is 26.7 Å². The zero-order valence-electron chi connectivity index (χ0n) is 10.1. The number of ether oxygens (including phenoxy) is 1. The van der Waals surface area contributed by atoms with Gasteiger partial charge in [-0.3, -0.25) is 0 Å². The molecule has 1 fully saturated rings. The van der Waals surface area contributed by atoms with E-state index in [0.29, 0.717) is 18.4 Å². The van der Waals surface area contributed by atoms with Crippen molar-refractivity contribution in [3.8, 4) is 0 Å². The van der Waals surface area contributed by atoms with Gasteiger partial charge in [0.2, 0.25) is 0 Å². The summed E-state index contributed by atoms with van der Waals surface area (Å²) < 4.78 is 5.81. The Bertz CT molecular complexity index is 272. The number of aliphatic hydroxyl groups excluding tert-OH is 2. The molecule has 3 nitrogen and oxygen atoms in total. The molecule has 92 valence electrons. The van der Waals surface area contributed by atoms with Gasteiger partial charge in [0.15, 0.2) is 0 Å². The standard InChI is InChI=1S/C13H22O3/c1-8(2)3-11-5-12-10(7-16-11)4-9(6-14)13(12)15/h4,8,10-15H,3,5-7H2,1-2H3/t10-,11-,12+,13-/m1/s1.